The van der Waals surface area contributed by atoms with Crippen LogP contribution < -0.4 is 5.32 Å². The van der Waals surface area contributed by atoms with E-state index in [1.54, 1.807) is 25.4 Å². The highest BCUT2D eigenvalue weighted by molar-refractivity contribution is 7.17. The van der Waals surface area contributed by atoms with Crippen LogP contribution in [0.3, 0.4) is 0 Å². The van der Waals surface area contributed by atoms with Gasteiger partial charge in [-0.3, -0.25) is 14.6 Å². The molecule has 0 radical (unpaired) electrons. The van der Waals surface area contributed by atoms with Crippen molar-refractivity contribution >= 4 is 34.8 Å². The van der Waals surface area contributed by atoms with E-state index in [0.29, 0.717) is 29.3 Å². The van der Waals surface area contributed by atoms with Gasteiger partial charge in [0.05, 0.1) is 12.5 Å². The Morgan fingerprint density at radius 1 is 1.38 bits per heavy atom. The number of nitrogens with one attached hydrogen (secondary N) is 1. The standard InChI is InChI=1S/C18H18ClN3O3S/c1-2-25-18(24)12-7-3-4-8-13(12)21-16(23)14-15(19)22-17(26-14)11-6-5-9-20-10-11/h3-6,9-10,12-13H,2,7-8H2,1H3,(H,21,23). The summed E-state index contributed by atoms with van der Waals surface area (Å²) in [5.74, 6) is -1.03. The average Bonchev–Trinajstić information content (AvgIpc) is 3.05. The average molecular weight is 392 g/mol. The fourth-order valence-corrected chi connectivity index (χ4v) is 3.96. The van der Waals surface area contributed by atoms with Crippen molar-refractivity contribution in [2.24, 2.45) is 5.92 Å². The molecule has 3 rings (SSSR count). The second-order valence-corrected chi connectivity index (χ2v) is 7.12. The summed E-state index contributed by atoms with van der Waals surface area (Å²) < 4.78 is 5.12. The van der Waals surface area contributed by atoms with Crippen molar-refractivity contribution < 1.29 is 14.3 Å². The van der Waals surface area contributed by atoms with Gasteiger partial charge in [0, 0.05) is 24.0 Å². The molecular weight excluding hydrogens is 374 g/mol. The molecule has 0 fully saturated rings. The van der Waals surface area contributed by atoms with E-state index in [1.807, 2.05) is 18.2 Å². The molecule has 8 heteroatoms. The molecule has 1 aliphatic rings. The van der Waals surface area contributed by atoms with Gasteiger partial charge in [0.1, 0.15) is 9.88 Å². The van der Waals surface area contributed by atoms with Gasteiger partial charge in [-0.15, -0.1) is 11.3 Å². The van der Waals surface area contributed by atoms with Crippen LogP contribution in [0.25, 0.3) is 10.6 Å². The number of hydrogen-bond acceptors (Lipinski definition) is 6. The predicted octanol–water partition coefficient (Wildman–Crippen LogP) is 3.49. The van der Waals surface area contributed by atoms with Gasteiger partial charge in [0.25, 0.3) is 5.91 Å². The Balaban J connectivity index is 1.76. The third-order valence-electron chi connectivity index (χ3n) is 4.04. The fraction of sp³-hybridized carbons (Fsp3) is 0.333. The number of thiazole rings is 1. The van der Waals surface area contributed by atoms with Gasteiger partial charge in [-0.1, -0.05) is 23.8 Å². The zero-order valence-corrected chi connectivity index (χ0v) is 15.7. The summed E-state index contributed by atoms with van der Waals surface area (Å²) in [6.07, 6.45) is 8.33. The summed E-state index contributed by atoms with van der Waals surface area (Å²) in [5, 5.41) is 3.68. The number of carbonyl (C=O) groups is 2. The van der Waals surface area contributed by atoms with Gasteiger partial charge < -0.3 is 10.1 Å². The van der Waals surface area contributed by atoms with Gasteiger partial charge in [-0.05, 0) is 31.9 Å². The minimum Gasteiger partial charge on any atom is -0.466 e. The number of nitrogens with zero attached hydrogens (tertiary/aromatic N) is 2. The van der Waals surface area contributed by atoms with Crippen LogP contribution in [0, 0.1) is 5.92 Å². The second kappa shape index (κ2) is 8.42. The summed E-state index contributed by atoms with van der Waals surface area (Å²) >= 11 is 7.37. The molecule has 2 aromatic rings. The third-order valence-corrected chi connectivity index (χ3v) is 5.53. The molecule has 136 valence electrons. The van der Waals surface area contributed by atoms with Crippen LogP contribution in [0.15, 0.2) is 36.7 Å². The molecule has 2 aromatic heterocycles. The molecule has 1 N–H and O–H groups in total. The van der Waals surface area contributed by atoms with Crippen molar-refractivity contribution in [1.82, 2.24) is 15.3 Å². The minimum atomic E-state index is -0.395. The summed E-state index contributed by atoms with van der Waals surface area (Å²) in [5.41, 5.74) is 0.795. The SMILES string of the molecule is CCOC(=O)C1CC=CCC1NC(=O)c1sc(-c2cccnc2)nc1Cl. The van der Waals surface area contributed by atoms with E-state index >= 15 is 0 Å². The van der Waals surface area contributed by atoms with E-state index < -0.39 is 5.92 Å². The zero-order chi connectivity index (χ0) is 18.5. The number of amides is 1. The number of hydrogen-bond donors (Lipinski definition) is 1. The molecule has 0 bridgehead atoms. The highest BCUT2D eigenvalue weighted by Crippen LogP contribution is 2.31. The number of carbonyl (C=O) groups excluding carboxylic acids is 2. The Morgan fingerprint density at radius 2 is 2.19 bits per heavy atom. The molecule has 0 spiro atoms. The van der Waals surface area contributed by atoms with E-state index in [2.05, 4.69) is 15.3 Å². The number of esters is 1. The Labute approximate surface area is 160 Å². The van der Waals surface area contributed by atoms with Crippen molar-refractivity contribution in [3.8, 4) is 10.6 Å². The summed E-state index contributed by atoms with van der Waals surface area (Å²) in [7, 11) is 0. The van der Waals surface area contributed by atoms with E-state index in [4.69, 9.17) is 16.3 Å². The highest BCUT2D eigenvalue weighted by atomic mass is 35.5. The first-order valence-corrected chi connectivity index (χ1v) is 9.48. The van der Waals surface area contributed by atoms with Crippen molar-refractivity contribution in [2.75, 3.05) is 6.61 Å². The number of rotatable bonds is 5. The zero-order valence-electron chi connectivity index (χ0n) is 14.1. The van der Waals surface area contributed by atoms with Crippen molar-refractivity contribution in [2.45, 2.75) is 25.8 Å². The molecule has 2 heterocycles. The van der Waals surface area contributed by atoms with Crippen LogP contribution in [0.4, 0.5) is 0 Å². The topological polar surface area (TPSA) is 81.2 Å². The minimum absolute atomic E-state index is 0.144. The van der Waals surface area contributed by atoms with E-state index in [1.165, 1.54) is 11.3 Å². The van der Waals surface area contributed by atoms with Crippen LogP contribution in [0.5, 0.6) is 0 Å². The van der Waals surface area contributed by atoms with Crippen LogP contribution in [0.1, 0.15) is 29.4 Å². The summed E-state index contributed by atoms with van der Waals surface area (Å²) in [4.78, 5) is 33.4. The molecule has 2 unspecified atom stereocenters. The van der Waals surface area contributed by atoms with Gasteiger partial charge >= 0.3 is 5.97 Å². The molecular formula is C18H18ClN3O3S. The quantitative estimate of drug-likeness (QED) is 0.623. The van der Waals surface area contributed by atoms with Gasteiger partial charge in [0.2, 0.25) is 0 Å². The first-order valence-electron chi connectivity index (χ1n) is 8.29. The smallest absolute Gasteiger partial charge is 0.311 e. The number of pyridine rings is 1. The molecule has 26 heavy (non-hydrogen) atoms. The Bertz CT molecular complexity index is 822. The normalized spacial score (nSPS) is 19.2. The molecule has 0 aromatic carbocycles. The summed E-state index contributed by atoms with van der Waals surface area (Å²) in [6.45, 7) is 2.08. The second-order valence-electron chi connectivity index (χ2n) is 5.76. The maximum atomic E-state index is 12.7. The van der Waals surface area contributed by atoms with E-state index in [0.717, 1.165) is 5.56 Å². The molecule has 1 amide bonds. The van der Waals surface area contributed by atoms with Crippen molar-refractivity contribution in [3.05, 3.63) is 46.7 Å². The molecule has 6 nitrogen and oxygen atoms in total. The highest BCUT2D eigenvalue weighted by Gasteiger charge is 2.32. The molecule has 0 aliphatic heterocycles. The lowest BCUT2D eigenvalue weighted by atomic mass is 9.89. The van der Waals surface area contributed by atoms with E-state index in [9.17, 15) is 9.59 Å². The lowest BCUT2D eigenvalue weighted by Gasteiger charge is -2.27. The largest absolute Gasteiger partial charge is 0.466 e. The number of aromatic nitrogens is 2. The number of allylic oxidation sites excluding steroid dienone is 1. The van der Waals surface area contributed by atoms with Gasteiger partial charge in [-0.25, -0.2) is 4.98 Å². The van der Waals surface area contributed by atoms with Crippen LogP contribution in [0.2, 0.25) is 5.15 Å². The maximum absolute atomic E-state index is 12.7. The molecule has 0 saturated carbocycles. The monoisotopic (exact) mass is 391 g/mol. The Hall–Kier alpha value is -2.25. The number of halogens is 1. The van der Waals surface area contributed by atoms with Crippen LogP contribution in [-0.4, -0.2) is 34.5 Å². The fourth-order valence-electron chi connectivity index (χ4n) is 2.77. The first kappa shape index (κ1) is 18.5. The van der Waals surface area contributed by atoms with Gasteiger partial charge in [-0.2, -0.15) is 0 Å². The Morgan fingerprint density at radius 3 is 2.92 bits per heavy atom. The number of ether oxygens (including phenoxy) is 1. The first-order chi connectivity index (χ1) is 12.6. The van der Waals surface area contributed by atoms with Crippen LogP contribution in [-0.2, 0) is 9.53 Å². The third kappa shape index (κ3) is 4.11. The van der Waals surface area contributed by atoms with Crippen molar-refractivity contribution in [1.29, 1.82) is 0 Å². The summed E-state index contributed by atoms with van der Waals surface area (Å²) in [6, 6.07) is 3.32. The molecule has 1 aliphatic carbocycles. The van der Waals surface area contributed by atoms with Gasteiger partial charge in [0.15, 0.2) is 5.15 Å². The molecule has 0 saturated heterocycles. The van der Waals surface area contributed by atoms with E-state index in [-0.39, 0.29) is 23.1 Å². The Kier molecular flexibility index (Phi) is 6.00. The lowest BCUT2D eigenvalue weighted by molar-refractivity contribution is -0.149. The van der Waals surface area contributed by atoms with Crippen molar-refractivity contribution in [3.63, 3.8) is 0 Å². The predicted molar refractivity (Wildman–Crippen MR) is 100 cm³/mol. The maximum Gasteiger partial charge on any atom is 0.311 e. The molecule has 2 atom stereocenters. The lowest BCUT2D eigenvalue weighted by Crippen LogP contribution is -2.44. The van der Waals surface area contributed by atoms with Crippen LogP contribution >= 0.6 is 22.9 Å².